The smallest absolute Gasteiger partial charge is 0.191 e. The lowest BCUT2D eigenvalue weighted by Crippen LogP contribution is -2.45. The van der Waals surface area contributed by atoms with Crippen LogP contribution in [0, 0.1) is 0 Å². The Kier molecular flexibility index (Phi) is 13.5. The first-order valence-electron chi connectivity index (χ1n) is 11.9. The predicted octanol–water partition coefficient (Wildman–Crippen LogP) is 2.69. The second-order valence-electron chi connectivity index (χ2n) is 8.44. The number of benzene rings is 1. The SMILES string of the molecule is CCN1CCN(Cc2ccc(CNC(=NC)NCCCOCC3CCCO3)cc2)CC1.I. The summed E-state index contributed by atoms with van der Waals surface area (Å²) in [6.45, 7) is 13.1. The minimum absolute atomic E-state index is 0. The molecule has 0 aliphatic carbocycles. The number of likely N-dealkylation sites (N-methyl/N-ethyl adjacent to an activating group) is 1. The summed E-state index contributed by atoms with van der Waals surface area (Å²) in [5, 5.41) is 6.75. The number of nitrogens with one attached hydrogen (secondary N) is 2. The molecule has 0 saturated carbocycles. The quantitative estimate of drug-likeness (QED) is 0.188. The molecule has 8 heteroatoms. The van der Waals surface area contributed by atoms with Gasteiger partial charge in [-0.2, -0.15) is 0 Å². The number of guanidine groups is 1. The van der Waals surface area contributed by atoms with Gasteiger partial charge in [0, 0.05) is 66.1 Å². The summed E-state index contributed by atoms with van der Waals surface area (Å²) in [4.78, 5) is 9.38. The zero-order valence-corrected chi connectivity index (χ0v) is 22.2. The minimum atomic E-state index is 0. The largest absolute Gasteiger partial charge is 0.379 e. The third-order valence-electron chi connectivity index (χ3n) is 6.11. The maximum Gasteiger partial charge on any atom is 0.191 e. The average Bonchev–Trinajstić information content (AvgIpc) is 3.33. The molecule has 7 nitrogen and oxygen atoms in total. The molecular formula is C24H42IN5O2. The van der Waals surface area contributed by atoms with E-state index in [-0.39, 0.29) is 24.0 Å². The van der Waals surface area contributed by atoms with E-state index in [0.717, 1.165) is 71.2 Å². The van der Waals surface area contributed by atoms with E-state index in [0.29, 0.717) is 6.10 Å². The van der Waals surface area contributed by atoms with E-state index in [1.807, 2.05) is 7.05 Å². The van der Waals surface area contributed by atoms with Crippen molar-refractivity contribution in [3.05, 3.63) is 35.4 Å². The van der Waals surface area contributed by atoms with Gasteiger partial charge in [0.1, 0.15) is 0 Å². The van der Waals surface area contributed by atoms with Crippen molar-refractivity contribution in [3.63, 3.8) is 0 Å². The molecule has 0 bridgehead atoms. The van der Waals surface area contributed by atoms with Crippen LogP contribution in [-0.2, 0) is 22.6 Å². The maximum atomic E-state index is 5.71. The molecule has 3 rings (SSSR count). The molecule has 1 atom stereocenters. The first-order chi connectivity index (χ1) is 15.3. The average molecular weight is 560 g/mol. The van der Waals surface area contributed by atoms with Crippen molar-refractivity contribution >= 4 is 29.9 Å². The van der Waals surface area contributed by atoms with E-state index in [1.165, 1.54) is 37.3 Å². The number of hydrogen-bond donors (Lipinski definition) is 2. The molecule has 32 heavy (non-hydrogen) atoms. The maximum absolute atomic E-state index is 5.71. The van der Waals surface area contributed by atoms with Gasteiger partial charge in [-0.1, -0.05) is 31.2 Å². The lowest BCUT2D eigenvalue weighted by molar-refractivity contribution is 0.0168. The summed E-state index contributed by atoms with van der Waals surface area (Å²) in [7, 11) is 1.81. The topological polar surface area (TPSA) is 61.4 Å². The number of hydrogen-bond acceptors (Lipinski definition) is 5. The molecular weight excluding hydrogens is 517 g/mol. The zero-order chi connectivity index (χ0) is 21.7. The van der Waals surface area contributed by atoms with Gasteiger partial charge in [-0.3, -0.25) is 9.89 Å². The summed E-state index contributed by atoms with van der Waals surface area (Å²) < 4.78 is 11.3. The molecule has 0 spiro atoms. The van der Waals surface area contributed by atoms with E-state index in [1.54, 1.807) is 0 Å². The normalized spacial score (nSPS) is 20.2. The molecule has 1 unspecified atom stereocenters. The van der Waals surface area contributed by atoms with Gasteiger partial charge < -0.3 is 25.0 Å². The Hall–Kier alpha value is -0.940. The van der Waals surface area contributed by atoms with Gasteiger partial charge >= 0.3 is 0 Å². The number of halogens is 1. The standard InChI is InChI=1S/C24H41N5O2.HI/c1-3-28-12-14-29(15-13-28)19-22-9-7-21(8-10-22)18-27-24(25-2)26-11-5-16-30-20-23-6-4-17-31-23;/h7-10,23H,3-6,11-20H2,1-2H3,(H2,25,26,27);1H. The molecule has 1 aromatic carbocycles. The van der Waals surface area contributed by atoms with Crippen LogP contribution in [-0.4, -0.2) is 88.0 Å². The van der Waals surface area contributed by atoms with E-state index < -0.39 is 0 Å². The molecule has 1 aromatic rings. The molecule has 2 aliphatic heterocycles. The lowest BCUT2D eigenvalue weighted by atomic mass is 10.1. The zero-order valence-electron chi connectivity index (χ0n) is 19.9. The highest BCUT2D eigenvalue weighted by atomic mass is 127. The molecule has 2 heterocycles. The van der Waals surface area contributed by atoms with Crippen LogP contribution < -0.4 is 10.6 Å². The molecule has 0 amide bonds. The fraction of sp³-hybridized carbons (Fsp3) is 0.708. The summed E-state index contributed by atoms with van der Waals surface area (Å²) in [5.74, 6) is 0.831. The summed E-state index contributed by atoms with van der Waals surface area (Å²) in [6.07, 6.45) is 3.55. The lowest BCUT2D eigenvalue weighted by Gasteiger charge is -2.34. The minimum Gasteiger partial charge on any atom is -0.379 e. The Balaban J connectivity index is 0.00000363. The molecule has 0 aromatic heterocycles. The fourth-order valence-electron chi connectivity index (χ4n) is 4.06. The van der Waals surface area contributed by atoms with Crippen LogP contribution in [0.2, 0.25) is 0 Å². The Morgan fingerprint density at radius 1 is 1.09 bits per heavy atom. The van der Waals surface area contributed by atoms with Crippen LogP contribution in [0.5, 0.6) is 0 Å². The number of ether oxygens (including phenoxy) is 2. The number of aliphatic imine (C=N–C) groups is 1. The number of piperazine rings is 1. The Morgan fingerprint density at radius 3 is 2.47 bits per heavy atom. The van der Waals surface area contributed by atoms with Crippen LogP contribution in [0.25, 0.3) is 0 Å². The van der Waals surface area contributed by atoms with Crippen molar-refractivity contribution in [2.24, 2.45) is 4.99 Å². The molecule has 2 N–H and O–H groups in total. The Labute approximate surface area is 211 Å². The van der Waals surface area contributed by atoms with Gasteiger partial charge in [-0.05, 0) is 36.9 Å². The highest BCUT2D eigenvalue weighted by Gasteiger charge is 2.16. The monoisotopic (exact) mass is 559 g/mol. The first kappa shape index (κ1) is 27.3. The summed E-state index contributed by atoms with van der Waals surface area (Å²) >= 11 is 0. The van der Waals surface area contributed by atoms with Crippen LogP contribution in [0.1, 0.15) is 37.3 Å². The van der Waals surface area contributed by atoms with Crippen LogP contribution in [0.4, 0.5) is 0 Å². The van der Waals surface area contributed by atoms with Crippen LogP contribution >= 0.6 is 24.0 Å². The third-order valence-corrected chi connectivity index (χ3v) is 6.11. The van der Waals surface area contributed by atoms with Crippen molar-refractivity contribution in [1.29, 1.82) is 0 Å². The van der Waals surface area contributed by atoms with Crippen LogP contribution in [0.15, 0.2) is 29.3 Å². The molecule has 0 radical (unpaired) electrons. The van der Waals surface area contributed by atoms with Gasteiger partial charge in [0.25, 0.3) is 0 Å². The van der Waals surface area contributed by atoms with E-state index >= 15 is 0 Å². The highest BCUT2D eigenvalue weighted by molar-refractivity contribution is 14.0. The first-order valence-corrected chi connectivity index (χ1v) is 11.9. The Morgan fingerprint density at radius 2 is 1.81 bits per heavy atom. The second-order valence-corrected chi connectivity index (χ2v) is 8.44. The molecule has 2 saturated heterocycles. The highest BCUT2D eigenvalue weighted by Crippen LogP contribution is 2.12. The van der Waals surface area contributed by atoms with Crippen molar-refractivity contribution in [2.45, 2.75) is 45.4 Å². The van der Waals surface area contributed by atoms with Gasteiger partial charge in [0.15, 0.2) is 5.96 Å². The Bertz CT molecular complexity index is 644. The second kappa shape index (κ2) is 15.8. The van der Waals surface area contributed by atoms with Crippen molar-refractivity contribution < 1.29 is 9.47 Å². The number of rotatable bonds is 11. The predicted molar refractivity (Wildman–Crippen MR) is 142 cm³/mol. The van der Waals surface area contributed by atoms with Gasteiger partial charge in [-0.15, -0.1) is 24.0 Å². The van der Waals surface area contributed by atoms with E-state index in [4.69, 9.17) is 9.47 Å². The summed E-state index contributed by atoms with van der Waals surface area (Å²) in [5.41, 5.74) is 2.65. The van der Waals surface area contributed by atoms with Crippen molar-refractivity contribution in [2.75, 3.05) is 66.1 Å². The number of nitrogens with zero attached hydrogens (tertiary/aromatic N) is 3. The summed E-state index contributed by atoms with van der Waals surface area (Å²) in [6, 6.07) is 8.95. The van der Waals surface area contributed by atoms with Gasteiger partial charge in [0.05, 0.1) is 12.7 Å². The van der Waals surface area contributed by atoms with Gasteiger partial charge in [0.2, 0.25) is 0 Å². The molecule has 182 valence electrons. The van der Waals surface area contributed by atoms with Crippen molar-refractivity contribution in [1.82, 2.24) is 20.4 Å². The van der Waals surface area contributed by atoms with Crippen LogP contribution in [0.3, 0.4) is 0 Å². The molecule has 2 aliphatic rings. The van der Waals surface area contributed by atoms with E-state index in [2.05, 4.69) is 56.6 Å². The van der Waals surface area contributed by atoms with Crippen molar-refractivity contribution in [3.8, 4) is 0 Å². The third kappa shape index (κ3) is 9.91. The van der Waals surface area contributed by atoms with Gasteiger partial charge in [-0.25, -0.2) is 0 Å². The molecule has 2 fully saturated rings. The van der Waals surface area contributed by atoms with E-state index in [9.17, 15) is 0 Å². The fourth-order valence-corrected chi connectivity index (χ4v) is 4.06.